The molecule has 1 atom stereocenters. The van der Waals surface area contributed by atoms with Crippen LogP contribution in [0, 0.1) is 23.0 Å². The van der Waals surface area contributed by atoms with Gasteiger partial charge in [0.15, 0.2) is 0 Å². The number of rotatable bonds is 6. The van der Waals surface area contributed by atoms with Gasteiger partial charge in [-0.3, -0.25) is 14.9 Å². The standard InChI is InChI=1S/C13H18N2O5S/c1-7(2)5-9(13(17)20-4)14-12(16)11-6-10(15(18)19)8(3)21-11/h6-7,9H,5H2,1-4H3,(H,14,16)/t9-/m1/s1. The Morgan fingerprint density at radius 2 is 2.10 bits per heavy atom. The van der Waals surface area contributed by atoms with Crippen LogP contribution in [0.3, 0.4) is 0 Å². The van der Waals surface area contributed by atoms with Gasteiger partial charge >= 0.3 is 5.97 Å². The number of hydrogen-bond donors (Lipinski definition) is 1. The number of nitrogens with one attached hydrogen (secondary N) is 1. The van der Waals surface area contributed by atoms with Crippen molar-refractivity contribution in [3.8, 4) is 0 Å². The Balaban J connectivity index is 2.89. The van der Waals surface area contributed by atoms with Gasteiger partial charge in [-0.15, -0.1) is 11.3 Å². The summed E-state index contributed by atoms with van der Waals surface area (Å²) in [6.07, 6.45) is 0.435. The van der Waals surface area contributed by atoms with Gasteiger partial charge < -0.3 is 10.1 Å². The molecule has 0 aliphatic heterocycles. The summed E-state index contributed by atoms with van der Waals surface area (Å²) in [6.45, 7) is 5.41. The summed E-state index contributed by atoms with van der Waals surface area (Å²) in [7, 11) is 1.25. The summed E-state index contributed by atoms with van der Waals surface area (Å²) >= 11 is 1.03. The Hall–Kier alpha value is -1.96. The molecule has 0 spiro atoms. The van der Waals surface area contributed by atoms with Gasteiger partial charge in [-0.05, 0) is 19.3 Å². The van der Waals surface area contributed by atoms with Crippen LogP contribution in [0.15, 0.2) is 6.07 Å². The van der Waals surface area contributed by atoms with E-state index < -0.39 is 22.8 Å². The predicted molar refractivity (Wildman–Crippen MR) is 78.4 cm³/mol. The van der Waals surface area contributed by atoms with Gasteiger partial charge in [0.05, 0.1) is 21.8 Å². The van der Waals surface area contributed by atoms with Crippen molar-refractivity contribution < 1.29 is 19.2 Å². The molecule has 0 aliphatic carbocycles. The zero-order valence-corrected chi connectivity index (χ0v) is 13.2. The lowest BCUT2D eigenvalue weighted by Crippen LogP contribution is -2.42. The largest absolute Gasteiger partial charge is 0.467 e. The number of hydrogen-bond acceptors (Lipinski definition) is 6. The number of nitro groups is 1. The van der Waals surface area contributed by atoms with Crippen molar-refractivity contribution in [3.05, 3.63) is 25.9 Å². The van der Waals surface area contributed by atoms with Gasteiger partial charge in [0.2, 0.25) is 0 Å². The Labute approximate surface area is 126 Å². The van der Waals surface area contributed by atoms with Crippen LogP contribution >= 0.6 is 11.3 Å². The minimum absolute atomic E-state index is 0.0939. The number of ether oxygens (including phenoxy) is 1. The molecule has 0 unspecified atom stereocenters. The lowest BCUT2D eigenvalue weighted by atomic mass is 10.0. The number of esters is 1. The van der Waals surface area contributed by atoms with Gasteiger partial charge in [0.1, 0.15) is 6.04 Å². The number of aryl methyl sites for hydroxylation is 1. The SMILES string of the molecule is COC(=O)[C@@H](CC(C)C)NC(=O)c1cc([N+](=O)[O-])c(C)s1. The molecule has 1 aromatic rings. The first kappa shape index (κ1) is 17.1. The summed E-state index contributed by atoms with van der Waals surface area (Å²) < 4.78 is 4.66. The molecule has 1 rings (SSSR count). The van der Waals surface area contributed by atoms with E-state index in [1.807, 2.05) is 13.8 Å². The number of methoxy groups -OCH3 is 1. The first-order valence-electron chi connectivity index (χ1n) is 6.39. The normalized spacial score (nSPS) is 12.0. The average Bonchev–Trinajstić information content (AvgIpc) is 2.78. The molecule has 0 saturated heterocycles. The maximum atomic E-state index is 12.1. The lowest BCUT2D eigenvalue weighted by Gasteiger charge is -2.17. The molecular formula is C13H18N2O5S. The van der Waals surface area contributed by atoms with E-state index in [9.17, 15) is 19.7 Å². The quantitative estimate of drug-likeness (QED) is 0.493. The Morgan fingerprint density at radius 3 is 2.52 bits per heavy atom. The van der Waals surface area contributed by atoms with Crippen molar-refractivity contribution in [1.82, 2.24) is 5.32 Å². The molecule has 116 valence electrons. The third-order valence-corrected chi connectivity index (χ3v) is 3.85. The molecule has 21 heavy (non-hydrogen) atoms. The van der Waals surface area contributed by atoms with Crippen molar-refractivity contribution in [2.24, 2.45) is 5.92 Å². The van der Waals surface area contributed by atoms with Crippen LogP contribution in [0.5, 0.6) is 0 Å². The molecule has 0 saturated carbocycles. The van der Waals surface area contributed by atoms with E-state index in [1.54, 1.807) is 6.92 Å². The molecule has 0 radical (unpaired) electrons. The van der Waals surface area contributed by atoms with Gasteiger partial charge in [0, 0.05) is 6.07 Å². The molecule has 7 nitrogen and oxygen atoms in total. The number of nitrogens with zero attached hydrogens (tertiary/aromatic N) is 1. The van der Waals surface area contributed by atoms with E-state index in [2.05, 4.69) is 10.1 Å². The topological polar surface area (TPSA) is 98.5 Å². The lowest BCUT2D eigenvalue weighted by molar-refractivity contribution is -0.385. The van der Waals surface area contributed by atoms with Crippen molar-refractivity contribution >= 4 is 28.9 Å². The predicted octanol–water partition coefficient (Wildman–Crippen LogP) is 2.28. The van der Waals surface area contributed by atoms with Crippen LogP contribution in [0.25, 0.3) is 0 Å². The Morgan fingerprint density at radius 1 is 1.48 bits per heavy atom. The second-order valence-corrected chi connectivity index (χ2v) is 6.24. The first-order valence-corrected chi connectivity index (χ1v) is 7.21. The molecular weight excluding hydrogens is 296 g/mol. The van der Waals surface area contributed by atoms with E-state index >= 15 is 0 Å². The maximum Gasteiger partial charge on any atom is 0.328 e. The fraction of sp³-hybridized carbons (Fsp3) is 0.538. The van der Waals surface area contributed by atoms with Crippen molar-refractivity contribution in [2.75, 3.05) is 7.11 Å². The third kappa shape index (κ3) is 4.52. The summed E-state index contributed by atoms with van der Waals surface area (Å²) in [5.74, 6) is -0.846. The summed E-state index contributed by atoms with van der Waals surface area (Å²) in [5.41, 5.74) is -0.0939. The molecule has 1 amide bonds. The highest BCUT2D eigenvalue weighted by Gasteiger charge is 2.26. The second-order valence-electron chi connectivity index (χ2n) is 4.99. The number of carbonyl (C=O) groups is 2. The van der Waals surface area contributed by atoms with Gasteiger partial charge in [-0.25, -0.2) is 4.79 Å². The molecule has 1 aromatic heterocycles. The smallest absolute Gasteiger partial charge is 0.328 e. The Bertz CT molecular complexity index is 553. The van der Waals surface area contributed by atoms with Gasteiger partial charge in [-0.2, -0.15) is 0 Å². The third-order valence-electron chi connectivity index (χ3n) is 2.81. The summed E-state index contributed by atoms with van der Waals surface area (Å²) in [5, 5.41) is 13.4. The van der Waals surface area contributed by atoms with E-state index in [1.165, 1.54) is 13.2 Å². The number of thiophene rings is 1. The molecule has 0 bridgehead atoms. The number of carbonyl (C=O) groups excluding carboxylic acids is 2. The van der Waals surface area contributed by atoms with Gasteiger partial charge in [0.25, 0.3) is 11.6 Å². The number of amides is 1. The fourth-order valence-corrected chi connectivity index (χ4v) is 2.71. The molecule has 1 heterocycles. The summed E-state index contributed by atoms with van der Waals surface area (Å²) in [4.78, 5) is 34.7. The monoisotopic (exact) mass is 314 g/mol. The zero-order valence-electron chi connectivity index (χ0n) is 12.3. The van der Waals surface area contributed by atoms with Crippen molar-refractivity contribution in [3.63, 3.8) is 0 Å². The van der Waals surface area contributed by atoms with E-state index in [0.29, 0.717) is 11.3 Å². The van der Waals surface area contributed by atoms with Crippen LogP contribution < -0.4 is 5.32 Å². The van der Waals surface area contributed by atoms with E-state index in [4.69, 9.17) is 0 Å². The zero-order chi connectivity index (χ0) is 16.2. The van der Waals surface area contributed by atoms with Crippen molar-refractivity contribution in [2.45, 2.75) is 33.2 Å². The molecule has 0 aromatic carbocycles. The first-order chi connectivity index (χ1) is 9.76. The highest BCUT2D eigenvalue weighted by molar-refractivity contribution is 7.14. The van der Waals surface area contributed by atoms with E-state index in [-0.39, 0.29) is 16.5 Å². The van der Waals surface area contributed by atoms with Crippen LogP contribution in [0.4, 0.5) is 5.69 Å². The van der Waals surface area contributed by atoms with E-state index in [0.717, 1.165) is 11.3 Å². The van der Waals surface area contributed by atoms with Crippen LogP contribution in [0.1, 0.15) is 34.8 Å². The molecule has 0 aliphatic rings. The average molecular weight is 314 g/mol. The van der Waals surface area contributed by atoms with Crippen LogP contribution in [-0.2, 0) is 9.53 Å². The molecule has 0 fully saturated rings. The highest BCUT2D eigenvalue weighted by atomic mass is 32.1. The minimum Gasteiger partial charge on any atom is -0.467 e. The summed E-state index contributed by atoms with van der Waals surface area (Å²) in [6, 6.07) is 0.461. The molecule has 8 heteroatoms. The van der Waals surface area contributed by atoms with Crippen molar-refractivity contribution in [1.29, 1.82) is 0 Å². The highest BCUT2D eigenvalue weighted by Crippen LogP contribution is 2.28. The fourth-order valence-electron chi connectivity index (χ4n) is 1.82. The van der Waals surface area contributed by atoms with Gasteiger partial charge in [-0.1, -0.05) is 13.8 Å². The van der Waals surface area contributed by atoms with Crippen LogP contribution in [-0.4, -0.2) is 30.0 Å². The maximum absolute atomic E-state index is 12.1. The Kier molecular flexibility index (Phi) is 5.83. The van der Waals surface area contributed by atoms with Crippen LogP contribution in [0.2, 0.25) is 0 Å². The second kappa shape index (κ2) is 7.16. The minimum atomic E-state index is -0.760. The molecule has 1 N–H and O–H groups in total.